The van der Waals surface area contributed by atoms with E-state index in [9.17, 15) is 0 Å². The van der Waals surface area contributed by atoms with Crippen molar-refractivity contribution in [2.75, 3.05) is 23.9 Å². The van der Waals surface area contributed by atoms with Gasteiger partial charge in [0.15, 0.2) is 0 Å². The van der Waals surface area contributed by atoms with E-state index in [-0.39, 0.29) is 16.2 Å². The van der Waals surface area contributed by atoms with Crippen LogP contribution < -0.4 is 9.80 Å². The van der Waals surface area contributed by atoms with Gasteiger partial charge in [0.05, 0.1) is 0 Å². The number of aryl methyl sites for hydroxylation is 1. The highest BCUT2D eigenvalue weighted by atomic mass is 15.1. The summed E-state index contributed by atoms with van der Waals surface area (Å²) >= 11 is 0. The highest BCUT2D eigenvalue weighted by molar-refractivity contribution is 6.26. The molecular formula is C54H54N2. The third-order valence-corrected chi connectivity index (χ3v) is 12.6. The van der Waals surface area contributed by atoms with Crippen LogP contribution in [0.3, 0.4) is 0 Å². The Hall–Kier alpha value is -5.60. The van der Waals surface area contributed by atoms with E-state index in [4.69, 9.17) is 0 Å². The van der Waals surface area contributed by atoms with Gasteiger partial charge in [-0.05, 0) is 155 Å². The van der Waals surface area contributed by atoms with Crippen molar-refractivity contribution in [3.05, 3.63) is 155 Å². The minimum Gasteiger partial charge on any atom is -0.378 e. The van der Waals surface area contributed by atoms with E-state index in [1.54, 1.807) is 0 Å². The minimum atomic E-state index is -0.185. The van der Waals surface area contributed by atoms with Gasteiger partial charge in [-0.1, -0.05) is 128 Å². The van der Waals surface area contributed by atoms with E-state index in [2.05, 4.69) is 214 Å². The molecule has 0 N–H and O–H groups in total. The van der Waals surface area contributed by atoms with Crippen LogP contribution in [0.2, 0.25) is 0 Å². The molecule has 280 valence electrons. The molecule has 0 radical (unpaired) electrons. The molecule has 1 aliphatic carbocycles. The first kappa shape index (κ1) is 36.1. The molecule has 8 aromatic carbocycles. The Morgan fingerprint density at radius 1 is 0.446 bits per heavy atom. The van der Waals surface area contributed by atoms with Crippen molar-refractivity contribution in [3.8, 4) is 22.3 Å². The van der Waals surface area contributed by atoms with Crippen LogP contribution >= 0.6 is 0 Å². The van der Waals surface area contributed by atoms with Crippen molar-refractivity contribution in [3.63, 3.8) is 0 Å². The Balaban J connectivity index is 1.16. The third kappa shape index (κ3) is 5.68. The number of hydrogen-bond acceptors (Lipinski definition) is 2. The van der Waals surface area contributed by atoms with E-state index in [0.29, 0.717) is 0 Å². The maximum Gasteiger partial charge on any atom is 0.0465 e. The van der Waals surface area contributed by atoms with Gasteiger partial charge in [0.1, 0.15) is 0 Å². The molecular weight excluding hydrogens is 677 g/mol. The molecule has 0 aromatic heterocycles. The minimum absolute atomic E-state index is 0.0895. The number of fused-ring (bicyclic) bond motifs is 3. The summed E-state index contributed by atoms with van der Waals surface area (Å²) in [5.41, 5.74) is 16.7. The maximum absolute atomic E-state index is 2.49. The summed E-state index contributed by atoms with van der Waals surface area (Å²) in [6.07, 6.45) is 0. The fourth-order valence-corrected chi connectivity index (χ4v) is 9.27. The molecule has 2 nitrogen and oxygen atoms in total. The van der Waals surface area contributed by atoms with Crippen molar-refractivity contribution < 1.29 is 0 Å². The molecule has 0 saturated carbocycles. The van der Waals surface area contributed by atoms with E-state index < -0.39 is 0 Å². The molecule has 0 spiro atoms. The van der Waals surface area contributed by atoms with Gasteiger partial charge in [0.2, 0.25) is 0 Å². The predicted octanol–water partition coefficient (Wildman–Crippen LogP) is 15.0. The van der Waals surface area contributed by atoms with Gasteiger partial charge in [0, 0.05) is 42.3 Å². The number of anilines is 4. The first-order valence-electron chi connectivity index (χ1n) is 20.2. The average molecular weight is 731 g/mol. The summed E-state index contributed by atoms with van der Waals surface area (Å²) in [7, 11) is 4.24. The maximum atomic E-state index is 2.49. The van der Waals surface area contributed by atoms with Crippen LogP contribution in [0.4, 0.5) is 22.7 Å². The quantitative estimate of drug-likeness (QED) is 0.163. The van der Waals surface area contributed by atoms with Gasteiger partial charge >= 0.3 is 0 Å². The highest BCUT2D eigenvalue weighted by Crippen LogP contribution is 2.52. The van der Waals surface area contributed by atoms with Crippen molar-refractivity contribution in [2.45, 2.75) is 78.6 Å². The van der Waals surface area contributed by atoms with E-state index >= 15 is 0 Å². The summed E-state index contributed by atoms with van der Waals surface area (Å²) < 4.78 is 0. The van der Waals surface area contributed by atoms with Crippen LogP contribution in [0, 0.1) is 6.92 Å². The fourth-order valence-electron chi connectivity index (χ4n) is 9.27. The zero-order chi connectivity index (χ0) is 39.5. The normalized spacial score (nSPS) is 13.8. The molecule has 0 bridgehead atoms. The number of nitrogens with zero attached hydrogens (tertiary/aromatic N) is 2. The SMILES string of the molecule is Cc1cc(-c2ccc3c(c2)C(C)(C)c2cc(N(c4ccc(C(C)(C)C)cc4)c4ccc(C(C)(C)C)cc4)ccc2-3)c2ccc3cc(N(C)C)cc4ccc1c2c43. The largest absolute Gasteiger partial charge is 0.378 e. The second-order valence-electron chi connectivity index (χ2n) is 19.0. The van der Waals surface area contributed by atoms with Gasteiger partial charge in [-0.2, -0.15) is 0 Å². The van der Waals surface area contributed by atoms with Crippen molar-refractivity contribution in [1.82, 2.24) is 0 Å². The Labute approximate surface area is 333 Å². The van der Waals surface area contributed by atoms with Gasteiger partial charge < -0.3 is 9.80 Å². The smallest absolute Gasteiger partial charge is 0.0465 e. The Kier molecular flexibility index (Phi) is 8.02. The summed E-state index contributed by atoms with van der Waals surface area (Å²) in [5.74, 6) is 0. The van der Waals surface area contributed by atoms with Crippen LogP contribution in [0.5, 0.6) is 0 Å². The van der Waals surface area contributed by atoms with Crippen LogP contribution in [0.1, 0.15) is 83.2 Å². The molecule has 2 heteroatoms. The lowest BCUT2D eigenvalue weighted by Gasteiger charge is -2.29. The first-order chi connectivity index (χ1) is 26.5. The average Bonchev–Trinajstić information content (AvgIpc) is 3.38. The first-order valence-corrected chi connectivity index (χ1v) is 20.2. The molecule has 0 fully saturated rings. The second kappa shape index (κ2) is 12.5. The fraction of sp³-hybridized carbons (Fsp3) is 0.259. The highest BCUT2D eigenvalue weighted by Gasteiger charge is 2.36. The Morgan fingerprint density at radius 2 is 0.946 bits per heavy atom. The standard InChI is InChI=1S/C54H54N2/c1-33-28-47(46-26-14-36-30-42(55(10)11)29-35-13-24-43(33)51(46)50(35)36)34-12-25-44-45-27-23-41(32-49(45)54(8,9)48(44)31-34)56(39-19-15-37(16-20-39)52(2,3)4)40-21-17-38(18-22-40)53(5,6)7/h12-32H,1-11H3. The van der Waals surface area contributed by atoms with Crippen LogP contribution in [0.15, 0.2) is 127 Å². The topological polar surface area (TPSA) is 6.48 Å². The van der Waals surface area contributed by atoms with Crippen molar-refractivity contribution in [1.29, 1.82) is 0 Å². The lowest BCUT2D eigenvalue weighted by Crippen LogP contribution is -2.17. The van der Waals surface area contributed by atoms with E-state index in [1.165, 1.54) is 105 Å². The Morgan fingerprint density at radius 3 is 1.48 bits per heavy atom. The summed E-state index contributed by atoms with van der Waals surface area (Å²) in [4.78, 5) is 4.63. The number of rotatable bonds is 5. The predicted molar refractivity (Wildman–Crippen MR) is 244 cm³/mol. The molecule has 0 saturated heterocycles. The van der Waals surface area contributed by atoms with Gasteiger partial charge in [-0.3, -0.25) is 0 Å². The van der Waals surface area contributed by atoms with Crippen LogP contribution in [-0.4, -0.2) is 14.1 Å². The lowest BCUT2D eigenvalue weighted by molar-refractivity contribution is 0.590. The number of hydrogen-bond donors (Lipinski definition) is 0. The molecule has 0 aliphatic heterocycles. The van der Waals surface area contributed by atoms with E-state index in [1.807, 2.05) is 0 Å². The molecule has 0 amide bonds. The van der Waals surface area contributed by atoms with Gasteiger partial charge in [-0.15, -0.1) is 0 Å². The zero-order valence-electron chi connectivity index (χ0n) is 35.0. The van der Waals surface area contributed by atoms with Crippen molar-refractivity contribution in [2.24, 2.45) is 0 Å². The van der Waals surface area contributed by atoms with Crippen molar-refractivity contribution >= 4 is 55.1 Å². The summed E-state index contributed by atoms with van der Waals surface area (Å²) in [6, 6.07) is 49.1. The summed E-state index contributed by atoms with van der Waals surface area (Å²) in [5, 5.41) is 7.99. The molecule has 9 rings (SSSR count). The Bertz CT molecular complexity index is 2730. The zero-order valence-corrected chi connectivity index (χ0v) is 35.0. The molecule has 8 aromatic rings. The summed E-state index contributed by atoms with van der Waals surface area (Å²) in [6.45, 7) is 20.8. The monoisotopic (exact) mass is 730 g/mol. The number of benzene rings is 8. The molecule has 56 heavy (non-hydrogen) atoms. The molecule has 0 unspecified atom stereocenters. The van der Waals surface area contributed by atoms with Gasteiger partial charge in [0.25, 0.3) is 0 Å². The molecule has 1 aliphatic rings. The second-order valence-corrected chi connectivity index (χ2v) is 19.0. The molecule has 0 atom stereocenters. The lowest BCUT2D eigenvalue weighted by atomic mass is 9.80. The van der Waals surface area contributed by atoms with Crippen LogP contribution in [0.25, 0.3) is 54.6 Å². The van der Waals surface area contributed by atoms with Crippen LogP contribution in [-0.2, 0) is 16.2 Å². The third-order valence-electron chi connectivity index (χ3n) is 12.6. The molecule has 0 heterocycles. The van der Waals surface area contributed by atoms with Gasteiger partial charge in [-0.25, -0.2) is 0 Å². The van der Waals surface area contributed by atoms with E-state index in [0.717, 1.165) is 0 Å².